The van der Waals surface area contributed by atoms with Crippen LogP contribution in [0.4, 0.5) is 0 Å². The van der Waals surface area contributed by atoms with Crippen LogP contribution in [0.5, 0.6) is 0 Å². The van der Waals surface area contributed by atoms with Gasteiger partial charge in [-0.05, 0) is 24.1 Å². The van der Waals surface area contributed by atoms with Gasteiger partial charge in [-0.2, -0.15) is 0 Å². The lowest BCUT2D eigenvalue weighted by Crippen LogP contribution is -2.29. The van der Waals surface area contributed by atoms with E-state index in [1.807, 2.05) is 6.20 Å². The Morgan fingerprint density at radius 3 is 2.67 bits per heavy atom. The molecular formula is C13H19NO. The molecule has 82 valence electrons. The minimum Gasteiger partial charge on any atom is -0.381 e. The first-order chi connectivity index (χ1) is 7.05. The van der Waals surface area contributed by atoms with Gasteiger partial charge in [-0.1, -0.05) is 20.8 Å². The van der Waals surface area contributed by atoms with Gasteiger partial charge >= 0.3 is 0 Å². The van der Waals surface area contributed by atoms with Crippen LogP contribution < -0.4 is 0 Å². The van der Waals surface area contributed by atoms with Crippen molar-refractivity contribution >= 4 is 0 Å². The van der Waals surface area contributed by atoms with Crippen molar-refractivity contribution in [3.63, 3.8) is 0 Å². The van der Waals surface area contributed by atoms with Crippen LogP contribution >= 0.6 is 0 Å². The van der Waals surface area contributed by atoms with E-state index in [4.69, 9.17) is 4.74 Å². The predicted octanol–water partition coefficient (Wildman–Crippen LogP) is 2.57. The molecule has 15 heavy (non-hydrogen) atoms. The van der Waals surface area contributed by atoms with Crippen LogP contribution in [0.1, 0.15) is 32.0 Å². The lowest BCUT2D eigenvalue weighted by molar-refractivity contribution is -0.0312. The molecule has 0 unspecified atom stereocenters. The molecule has 1 saturated heterocycles. The van der Waals surface area contributed by atoms with Crippen molar-refractivity contribution in [1.82, 2.24) is 4.98 Å². The molecule has 2 rings (SSSR count). The lowest BCUT2D eigenvalue weighted by atomic mass is 9.89. The molecular weight excluding hydrogens is 186 g/mol. The molecule has 0 aliphatic carbocycles. The summed E-state index contributed by atoms with van der Waals surface area (Å²) < 4.78 is 5.19. The highest BCUT2D eigenvalue weighted by molar-refractivity contribution is 5.22. The van der Waals surface area contributed by atoms with E-state index >= 15 is 0 Å². The van der Waals surface area contributed by atoms with Gasteiger partial charge in [0.2, 0.25) is 0 Å². The first-order valence-electron chi connectivity index (χ1n) is 5.59. The number of hydrogen-bond acceptors (Lipinski definition) is 2. The summed E-state index contributed by atoms with van der Waals surface area (Å²) in [5.74, 6) is 0.722. The molecule has 0 atom stereocenters. The molecule has 0 radical (unpaired) electrons. The zero-order chi connectivity index (χ0) is 10.9. The molecule has 1 fully saturated rings. The van der Waals surface area contributed by atoms with Gasteiger partial charge in [0, 0.05) is 23.2 Å². The molecule has 2 heteroatoms. The van der Waals surface area contributed by atoms with Crippen LogP contribution in [-0.4, -0.2) is 18.2 Å². The molecule has 0 saturated carbocycles. The maximum absolute atomic E-state index is 5.19. The third kappa shape index (κ3) is 2.57. The van der Waals surface area contributed by atoms with Gasteiger partial charge in [-0.25, -0.2) is 0 Å². The van der Waals surface area contributed by atoms with Crippen molar-refractivity contribution in [3.05, 3.63) is 29.6 Å². The Labute approximate surface area is 91.7 Å². The maximum atomic E-state index is 5.19. The minimum atomic E-state index is 0.145. The Kier molecular flexibility index (Phi) is 2.79. The molecule has 1 aliphatic rings. The molecule has 1 aliphatic heterocycles. The Bertz CT molecular complexity index is 337. The van der Waals surface area contributed by atoms with Gasteiger partial charge in [-0.3, -0.25) is 4.98 Å². The topological polar surface area (TPSA) is 22.1 Å². The highest BCUT2D eigenvalue weighted by Crippen LogP contribution is 2.22. The third-order valence-corrected chi connectivity index (χ3v) is 2.82. The number of pyridine rings is 1. The Morgan fingerprint density at radius 1 is 1.40 bits per heavy atom. The maximum Gasteiger partial charge on any atom is 0.0519 e. The number of aromatic nitrogens is 1. The fraction of sp³-hybridized carbons (Fsp3) is 0.615. The molecule has 0 aromatic carbocycles. The van der Waals surface area contributed by atoms with Crippen LogP contribution in [0.3, 0.4) is 0 Å². The Hall–Kier alpha value is -0.890. The van der Waals surface area contributed by atoms with E-state index in [1.54, 1.807) is 0 Å². The standard InChI is InChI=1S/C13H19NO/c1-13(2,3)12-7-10(4-5-14-12)6-11-8-15-9-11/h4-5,7,11H,6,8-9H2,1-3H3. The zero-order valence-corrected chi connectivity index (χ0v) is 9.79. The van der Waals surface area contributed by atoms with E-state index in [2.05, 4.69) is 37.9 Å². The number of nitrogens with zero attached hydrogens (tertiary/aromatic N) is 1. The zero-order valence-electron chi connectivity index (χ0n) is 9.79. The summed E-state index contributed by atoms with van der Waals surface area (Å²) in [7, 11) is 0. The quantitative estimate of drug-likeness (QED) is 0.740. The fourth-order valence-electron chi connectivity index (χ4n) is 1.75. The summed E-state index contributed by atoms with van der Waals surface area (Å²) in [5.41, 5.74) is 2.72. The van der Waals surface area contributed by atoms with Gasteiger partial charge in [0.15, 0.2) is 0 Å². The number of ether oxygens (including phenoxy) is 1. The van der Waals surface area contributed by atoms with Gasteiger partial charge in [-0.15, -0.1) is 0 Å². The van der Waals surface area contributed by atoms with Crippen LogP contribution in [0, 0.1) is 5.92 Å². The second-order valence-corrected chi connectivity index (χ2v) is 5.41. The number of rotatable bonds is 2. The summed E-state index contributed by atoms with van der Waals surface area (Å²) >= 11 is 0. The monoisotopic (exact) mass is 205 g/mol. The molecule has 0 N–H and O–H groups in total. The first-order valence-corrected chi connectivity index (χ1v) is 5.59. The fourth-order valence-corrected chi connectivity index (χ4v) is 1.75. The highest BCUT2D eigenvalue weighted by atomic mass is 16.5. The Balaban J connectivity index is 2.11. The lowest BCUT2D eigenvalue weighted by Gasteiger charge is -2.26. The molecule has 0 spiro atoms. The Morgan fingerprint density at radius 2 is 2.13 bits per heavy atom. The van der Waals surface area contributed by atoms with E-state index < -0.39 is 0 Å². The predicted molar refractivity (Wildman–Crippen MR) is 61.0 cm³/mol. The van der Waals surface area contributed by atoms with Gasteiger partial charge in [0.1, 0.15) is 0 Å². The second kappa shape index (κ2) is 3.93. The highest BCUT2D eigenvalue weighted by Gasteiger charge is 2.20. The van der Waals surface area contributed by atoms with E-state index in [0.717, 1.165) is 25.6 Å². The van der Waals surface area contributed by atoms with Crippen molar-refractivity contribution in [2.45, 2.75) is 32.6 Å². The van der Waals surface area contributed by atoms with Crippen molar-refractivity contribution in [3.8, 4) is 0 Å². The van der Waals surface area contributed by atoms with Gasteiger partial charge in [0.25, 0.3) is 0 Å². The van der Waals surface area contributed by atoms with E-state index in [-0.39, 0.29) is 5.41 Å². The van der Waals surface area contributed by atoms with Crippen LogP contribution in [-0.2, 0) is 16.6 Å². The van der Waals surface area contributed by atoms with E-state index in [1.165, 1.54) is 11.3 Å². The van der Waals surface area contributed by atoms with Crippen LogP contribution in [0.2, 0.25) is 0 Å². The molecule has 2 heterocycles. The van der Waals surface area contributed by atoms with Crippen molar-refractivity contribution in [2.24, 2.45) is 5.92 Å². The minimum absolute atomic E-state index is 0.145. The normalized spacial score (nSPS) is 17.5. The van der Waals surface area contributed by atoms with E-state index in [0.29, 0.717) is 0 Å². The number of hydrogen-bond donors (Lipinski definition) is 0. The van der Waals surface area contributed by atoms with Crippen LogP contribution in [0.25, 0.3) is 0 Å². The molecule has 0 bridgehead atoms. The van der Waals surface area contributed by atoms with Crippen molar-refractivity contribution < 1.29 is 4.74 Å². The molecule has 1 aromatic heterocycles. The first kappa shape index (κ1) is 10.6. The van der Waals surface area contributed by atoms with Gasteiger partial charge < -0.3 is 4.74 Å². The van der Waals surface area contributed by atoms with Gasteiger partial charge in [0.05, 0.1) is 13.2 Å². The molecule has 0 amide bonds. The van der Waals surface area contributed by atoms with E-state index in [9.17, 15) is 0 Å². The average Bonchev–Trinajstić information content (AvgIpc) is 2.11. The molecule has 1 aromatic rings. The summed E-state index contributed by atoms with van der Waals surface area (Å²) in [5, 5.41) is 0. The summed E-state index contributed by atoms with van der Waals surface area (Å²) in [6, 6.07) is 4.35. The molecule has 2 nitrogen and oxygen atoms in total. The summed E-state index contributed by atoms with van der Waals surface area (Å²) in [4.78, 5) is 4.43. The van der Waals surface area contributed by atoms with Crippen molar-refractivity contribution in [2.75, 3.05) is 13.2 Å². The van der Waals surface area contributed by atoms with Crippen molar-refractivity contribution in [1.29, 1.82) is 0 Å². The van der Waals surface area contributed by atoms with Crippen LogP contribution in [0.15, 0.2) is 18.3 Å². The average molecular weight is 205 g/mol. The smallest absolute Gasteiger partial charge is 0.0519 e. The second-order valence-electron chi connectivity index (χ2n) is 5.41. The third-order valence-electron chi connectivity index (χ3n) is 2.82. The summed E-state index contributed by atoms with van der Waals surface area (Å²) in [6.45, 7) is 8.45. The SMILES string of the molecule is CC(C)(C)c1cc(CC2COC2)ccn1. The summed E-state index contributed by atoms with van der Waals surface area (Å²) in [6.07, 6.45) is 3.06. The largest absolute Gasteiger partial charge is 0.381 e.